The van der Waals surface area contributed by atoms with Crippen molar-refractivity contribution in [3.05, 3.63) is 47.4 Å². The lowest BCUT2D eigenvalue weighted by Gasteiger charge is -2.33. The van der Waals surface area contributed by atoms with Crippen molar-refractivity contribution in [3.8, 4) is 0 Å². The quantitative estimate of drug-likeness (QED) is 0.938. The van der Waals surface area contributed by atoms with Crippen LogP contribution in [0.5, 0.6) is 0 Å². The number of likely N-dealkylation sites (N-methyl/N-ethyl adjacent to an activating group) is 1. The zero-order chi connectivity index (χ0) is 16.2. The summed E-state index contributed by atoms with van der Waals surface area (Å²) in [4.78, 5) is 13.6. The minimum absolute atomic E-state index is 0.216. The van der Waals surface area contributed by atoms with Crippen LogP contribution in [0.15, 0.2) is 30.3 Å². The maximum atomic E-state index is 13.7. The fourth-order valence-electron chi connectivity index (χ4n) is 2.64. The van der Waals surface area contributed by atoms with Crippen molar-refractivity contribution in [2.24, 2.45) is 0 Å². The van der Waals surface area contributed by atoms with Crippen molar-refractivity contribution < 1.29 is 4.39 Å². The predicted octanol–water partition coefficient (Wildman–Crippen LogP) is 2.29. The number of anilines is 2. The summed E-state index contributed by atoms with van der Waals surface area (Å²) in [6.45, 7) is 6.30. The molecule has 2 heterocycles. The molecule has 0 amide bonds. The lowest BCUT2D eigenvalue weighted by atomic mass is 10.2. The lowest BCUT2D eigenvalue weighted by molar-refractivity contribution is 0.312. The van der Waals surface area contributed by atoms with Gasteiger partial charge in [-0.25, -0.2) is 9.37 Å². The number of halogens is 1. The Morgan fingerprint density at radius 2 is 1.87 bits per heavy atom. The van der Waals surface area contributed by atoms with Crippen LogP contribution in [0.25, 0.3) is 0 Å². The first-order valence-corrected chi connectivity index (χ1v) is 7.88. The van der Waals surface area contributed by atoms with Crippen molar-refractivity contribution >= 4 is 11.8 Å². The van der Waals surface area contributed by atoms with Crippen molar-refractivity contribution in [1.82, 2.24) is 14.9 Å². The fraction of sp³-hybridized carbons (Fsp3) is 0.412. The van der Waals surface area contributed by atoms with Crippen LogP contribution in [0.3, 0.4) is 0 Å². The van der Waals surface area contributed by atoms with Crippen molar-refractivity contribution in [2.45, 2.75) is 13.5 Å². The van der Waals surface area contributed by atoms with E-state index in [1.807, 2.05) is 19.1 Å². The first-order valence-electron chi connectivity index (χ1n) is 7.88. The van der Waals surface area contributed by atoms with Crippen LogP contribution in [-0.2, 0) is 6.54 Å². The molecule has 3 rings (SSSR count). The van der Waals surface area contributed by atoms with Crippen LogP contribution in [0.4, 0.5) is 16.2 Å². The number of nitrogens with zero attached hydrogens (tertiary/aromatic N) is 4. The molecule has 1 aliphatic heterocycles. The average molecular weight is 315 g/mol. The van der Waals surface area contributed by atoms with Gasteiger partial charge in [-0.05, 0) is 20.0 Å². The molecule has 0 spiro atoms. The van der Waals surface area contributed by atoms with Gasteiger partial charge < -0.3 is 15.1 Å². The van der Waals surface area contributed by atoms with E-state index in [0.29, 0.717) is 18.1 Å². The fourth-order valence-corrected chi connectivity index (χ4v) is 2.64. The van der Waals surface area contributed by atoms with Crippen LogP contribution in [0, 0.1) is 12.7 Å². The molecule has 23 heavy (non-hydrogen) atoms. The van der Waals surface area contributed by atoms with E-state index in [4.69, 9.17) is 0 Å². The van der Waals surface area contributed by atoms with E-state index >= 15 is 0 Å². The number of hydrogen-bond donors (Lipinski definition) is 1. The third-order valence-electron chi connectivity index (χ3n) is 4.06. The Morgan fingerprint density at radius 1 is 1.13 bits per heavy atom. The van der Waals surface area contributed by atoms with Crippen molar-refractivity contribution in [2.75, 3.05) is 43.4 Å². The summed E-state index contributed by atoms with van der Waals surface area (Å²) in [6, 6.07) is 8.74. The van der Waals surface area contributed by atoms with Gasteiger partial charge in [-0.3, -0.25) is 0 Å². The molecule has 1 aliphatic rings. The molecule has 2 aromatic rings. The predicted molar refractivity (Wildman–Crippen MR) is 90.2 cm³/mol. The summed E-state index contributed by atoms with van der Waals surface area (Å²) in [5.74, 6) is 1.26. The van der Waals surface area contributed by atoms with Gasteiger partial charge in [-0.2, -0.15) is 4.98 Å². The van der Waals surface area contributed by atoms with E-state index in [9.17, 15) is 4.39 Å². The Labute approximate surface area is 136 Å². The van der Waals surface area contributed by atoms with Crippen molar-refractivity contribution in [3.63, 3.8) is 0 Å². The van der Waals surface area contributed by atoms with Crippen LogP contribution >= 0.6 is 0 Å². The van der Waals surface area contributed by atoms with Gasteiger partial charge in [0.05, 0.1) is 0 Å². The van der Waals surface area contributed by atoms with Crippen LogP contribution in [-0.4, -0.2) is 48.1 Å². The van der Waals surface area contributed by atoms with Crippen LogP contribution in [0.1, 0.15) is 11.3 Å². The van der Waals surface area contributed by atoms with Gasteiger partial charge >= 0.3 is 0 Å². The molecule has 1 N–H and O–H groups in total. The molecule has 0 atom stereocenters. The molecule has 0 radical (unpaired) electrons. The van der Waals surface area contributed by atoms with E-state index in [-0.39, 0.29) is 5.82 Å². The molecule has 1 fully saturated rings. The summed E-state index contributed by atoms with van der Waals surface area (Å²) >= 11 is 0. The van der Waals surface area contributed by atoms with Gasteiger partial charge in [0.1, 0.15) is 11.6 Å². The zero-order valence-electron chi connectivity index (χ0n) is 13.6. The Hall–Kier alpha value is -2.21. The van der Waals surface area contributed by atoms with Gasteiger partial charge in [0, 0.05) is 50.0 Å². The third-order valence-corrected chi connectivity index (χ3v) is 4.06. The van der Waals surface area contributed by atoms with E-state index in [2.05, 4.69) is 32.1 Å². The van der Waals surface area contributed by atoms with E-state index < -0.39 is 0 Å². The molecule has 5 nitrogen and oxygen atoms in total. The summed E-state index contributed by atoms with van der Waals surface area (Å²) in [5.41, 5.74) is 1.52. The molecule has 0 saturated carbocycles. The monoisotopic (exact) mass is 315 g/mol. The van der Waals surface area contributed by atoms with E-state index in [1.165, 1.54) is 6.07 Å². The number of nitrogens with one attached hydrogen (secondary N) is 1. The number of benzene rings is 1. The number of piperazine rings is 1. The average Bonchev–Trinajstić information content (AvgIpc) is 2.54. The second kappa shape index (κ2) is 6.91. The van der Waals surface area contributed by atoms with Gasteiger partial charge in [-0.15, -0.1) is 0 Å². The lowest BCUT2D eigenvalue weighted by Crippen LogP contribution is -2.44. The molecule has 0 unspecified atom stereocenters. The highest BCUT2D eigenvalue weighted by atomic mass is 19.1. The molecule has 1 aromatic carbocycles. The molecule has 0 bridgehead atoms. The maximum absolute atomic E-state index is 13.7. The topological polar surface area (TPSA) is 44.3 Å². The molecule has 1 aromatic heterocycles. The van der Waals surface area contributed by atoms with Crippen LogP contribution < -0.4 is 10.2 Å². The highest BCUT2D eigenvalue weighted by Gasteiger charge is 2.16. The molecular weight excluding hydrogens is 293 g/mol. The normalized spacial score (nSPS) is 15.7. The Morgan fingerprint density at radius 3 is 2.61 bits per heavy atom. The highest BCUT2D eigenvalue weighted by molar-refractivity contribution is 5.45. The second-order valence-electron chi connectivity index (χ2n) is 5.93. The second-order valence-corrected chi connectivity index (χ2v) is 5.93. The van der Waals surface area contributed by atoms with Gasteiger partial charge in [0.25, 0.3) is 0 Å². The van der Waals surface area contributed by atoms with Crippen molar-refractivity contribution in [1.29, 1.82) is 0 Å². The van der Waals surface area contributed by atoms with Gasteiger partial charge in [0.15, 0.2) is 0 Å². The number of rotatable bonds is 4. The highest BCUT2D eigenvalue weighted by Crippen LogP contribution is 2.17. The van der Waals surface area contributed by atoms with E-state index in [1.54, 1.807) is 12.1 Å². The zero-order valence-corrected chi connectivity index (χ0v) is 13.6. The first-order chi connectivity index (χ1) is 11.1. The Kier molecular flexibility index (Phi) is 4.71. The Balaban J connectivity index is 1.71. The summed E-state index contributed by atoms with van der Waals surface area (Å²) in [7, 11) is 2.13. The number of aryl methyl sites for hydroxylation is 1. The minimum Gasteiger partial charge on any atom is -0.354 e. The number of aromatic nitrogens is 2. The summed E-state index contributed by atoms with van der Waals surface area (Å²) < 4.78 is 13.7. The first kappa shape index (κ1) is 15.7. The molecule has 6 heteroatoms. The van der Waals surface area contributed by atoms with Gasteiger partial charge in [0.2, 0.25) is 5.95 Å². The SMILES string of the molecule is Cc1cc(N2CCN(C)CC2)nc(NCc2ccccc2F)n1. The Bertz CT molecular complexity index is 668. The molecule has 0 aliphatic carbocycles. The maximum Gasteiger partial charge on any atom is 0.225 e. The van der Waals surface area contributed by atoms with Crippen LogP contribution in [0.2, 0.25) is 0 Å². The summed E-state index contributed by atoms with van der Waals surface area (Å²) in [6.07, 6.45) is 0. The third kappa shape index (κ3) is 3.96. The molecule has 1 saturated heterocycles. The summed E-state index contributed by atoms with van der Waals surface area (Å²) in [5, 5.41) is 3.13. The largest absolute Gasteiger partial charge is 0.354 e. The van der Waals surface area contributed by atoms with E-state index in [0.717, 1.165) is 37.7 Å². The minimum atomic E-state index is -0.216. The number of hydrogen-bond acceptors (Lipinski definition) is 5. The van der Waals surface area contributed by atoms with Gasteiger partial charge in [-0.1, -0.05) is 18.2 Å². The molecule has 122 valence electrons. The smallest absolute Gasteiger partial charge is 0.225 e. The molecular formula is C17H22FN5. The standard InChI is InChI=1S/C17H22FN5/c1-13-11-16(23-9-7-22(2)8-10-23)21-17(20-13)19-12-14-5-3-4-6-15(14)18/h3-6,11H,7-10,12H2,1-2H3,(H,19,20,21).